The maximum Gasteiger partial charge on any atom is 0.416 e. The van der Waals surface area contributed by atoms with Crippen molar-refractivity contribution < 1.29 is 13.2 Å². The molecule has 140 valence electrons. The number of aromatic nitrogens is 2. The molecule has 0 radical (unpaired) electrons. The van der Waals surface area contributed by atoms with E-state index in [1.165, 1.54) is 35.2 Å². The summed E-state index contributed by atoms with van der Waals surface area (Å²) in [5, 5.41) is 3.69. The first-order valence-corrected chi connectivity index (χ1v) is 10.8. The molecule has 2 nitrogen and oxygen atoms in total. The lowest BCUT2D eigenvalue weighted by Gasteiger charge is -2.11. The van der Waals surface area contributed by atoms with Crippen LogP contribution >= 0.6 is 34.4 Å². The highest BCUT2D eigenvalue weighted by Gasteiger charge is 2.33. The Morgan fingerprint density at radius 1 is 0.929 bits per heavy atom. The van der Waals surface area contributed by atoms with Gasteiger partial charge in [0.25, 0.3) is 0 Å². The molecule has 0 saturated carbocycles. The third-order valence-corrected chi connectivity index (χ3v) is 7.40. The van der Waals surface area contributed by atoms with Crippen LogP contribution in [0, 0.1) is 6.92 Å². The number of rotatable bonds is 1. The van der Waals surface area contributed by atoms with Gasteiger partial charge in [-0.1, -0.05) is 36.0 Å². The van der Waals surface area contributed by atoms with Crippen molar-refractivity contribution in [1.29, 1.82) is 0 Å². The van der Waals surface area contributed by atoms with E-state index in [1.807, 2.05) is 36.6 Å². The molecular formula is C20H11F3N2S3. The summed E-state index contributed by atoms with van der Waals surface area (Å²) in [6.45, 7) is 1.94. The molecule has 28 heavy (non-hydrogen) atoms. The predicted molar refractivity (Wildman–Crippen MR) is 108 cm³/mol. The number of fused-ring (bicyclic) bond motifs is 5. The van der Waals surface area contributed by atoms with Gasteiger partial charge in [0.15, 0.2) is 0 Å². The Hall–Kier alpha value is -2.16. The molecule has 0 bridgehead atoms. The molecule has 0 fully saturated rings. The first-order chi connectivity index (χ1) is 13.4. The van der Waals surface area contributed by atoms with Gasteiger partial charge in [0.2, 0.25) is 0 Å². The van der Waals surface area contributed by atoms with Crippen LogP contribution in [0.25, 0.3) is 32.4 Å². The molecule has 2 aromatic heterocycles. The van der Waals surface area contributed by atoms with Crippen LogP contribution < -0.4 is 0 Å². The number of halogens is 3. The summed E-state index contributed by atoms with van der Waals surface area (Å²) in [7, 11) is 0. The Morgan fingerprint density at radius 2 is 1.75 bits per heavy atom. The first-order valence-electron chi connectivity index (χ1n) is 8.32. The van der Waals surface area contributed by atoms with Crippen LogP contribution in [-0.4, -0.2) is 9.97 Å². The molecule has 4 aromatic rings. The minimum absolute atomic E-state index is 0.562. The van der Waals surface area contributed by atoms with Crippen molar-refractivity contribution in [3.05, 3.63) is 58.4 Å². The van der Waals surface area contributed by atoms with Crippen LogP contribution in [0.3, 0.4) is 0 Å². The molecule has 8 heteroatoms. The fourth-order valence-corrected chi connectivity index (χ4v) is 6.04. The maximum absolute atomic E-state index is 13.2. The van der Waals surface area contributed by atoms with Crippen LogP contribution in [0.4, 0.5) is 13.2 Å². The quantitative estimate of drug-likeness (QED) is 0.276. The summed E-state index contributed by atoms with van der Waals surface area (Å²) < 4.78 is 39.7. The molecule has 0 aliphatic carbocycles. The summed E-state index contributed by atoms with van der Waals surface area (Å²) in [6, 6.07) is 11.6. The molecule has 0 amide bonds. The Morgan fingerprint density at radius 3 is 2.50 bits per heavy atom. The van der Waals surface area contributed by atoms with Gasteiger partial charge in [0, 0.05) is 26.3 Å². The lowest BCUT2D eigenvalue weighted by atomic mass is 10.0. The van der Waals surface area contributed by atoms with Gasteiger partial charge in [-0.3, -0.25) is 0 Å². The summed E-state index contributed by atoms with van der Waals surface area (Å²) in [6.07, 6.45) is -4.38. The third kappa shape index (κ3) is 2.96. The van der Waals surface area contributed by atoms with Crippen molar-refractivity contribution in [2.75, 3.05) is 0 Å². The van der Waals surface area contributed by atoms with Gasteiger partial charge < -0.3 is 0 Å². The molecule has 0 unspecified atom stereocenters. The molecule has 3 heterocycles. The van der Waals surface area contributed by atoms with Gasteiger partial charge in [0.05, 0.1) is 21.1 Å². The number of hydrogen-bond acceptors (Lipinski definition) is 5. The molecule has 2 aromatic carbocycles. The molecule has 1 aliphatic heterocycles. The van der Waals surface area contributed by atoms with Crippen molar-refractivity contribution in [1.82, 2.24) is 9.97 Å². The lowest BCUT2D eigenvalue weighted by molar-refractivity contribution is -0.137. The number of thiazole rings is 2. The highest BCUT2D eigenvalue weighted by atomic mass is 32.2. The summed E-state index contributed by atoms with van der Waals surface area (Å²) in [5.41, 5.74) is 2.58. The second-order valence-electron chi connectivity index (χ2n) is 6.26. The third-order valence-electron chi connectivity index (χ3n) is 4.38. The van der Waals surface area contributed by atoms with Gasteiger partial charge >= 0.3 is 6.18 Å². The fourth-order valence-electron chi connectivity index (χ4n) is 3.10. The van der Waals surface area contributed by atoms with Crippen LogP contribution in [0.15, 0.2) is 57.6 Å². The predicted octanol–water partition coefficient (Wildman–Crippen LogP) is 7.39. The number of hydrogen-bond donors (Lipinski definition) is 0. The molecule has 0 saturated heterocycles. The van der Waals surface area contributed by atoms with E-state index in [2.05, 4.69) is 4.98 Å². The SMILES string of the molecule is Cc1nc(-c2nc3c(s2)-c2ccccc2Sc2cc(C(F)(F)F)ccc2-3)cs1. The van der Waals surface area contributed by atoms with E-state index in [0.29, 0.717) is 10.6 Å². The monoisotopic (exact) mass is 432 g/mol. The van der Waals surface area contributed by atoms with E-state index < -0.39 is 11.7 Å². The van der Waals surface area contributed by atoms with Crippen molar-refractivity contribution in [3.63, 3.8) is 0 Å². The zero-order valence-corrected chi connectivity index (χ0v) is 16.8. The Labute approximate surface area is 171 Å². The van der Waals surface area contributed by atoms with Crippen LogP contribution in [0.5, 0.6) is 0 Å². The van der Waals surface area contributed by atoms with Crippen molar-refractivity contribution in [2.45, 2.75) is 22.9 Å². The van der Waals surface area contributed by atoms with Crippen LogP contribution in [0.2, 0.25) is 0 Å². The topological polar surface area (TPSA) is 25.8 Å². The molecule has 5 rings (SSSR count). The second-order valence-corrected chi connectivity index (χ2v) is 9.40. The average molecular weight is 433 g/mol. The number of alkyl halides is 3. The van der Waals surface area contributed by atoms with Gasteiger partial charge in [-0.15, -0.1) is 22.7 Å². The van der Waals surface area contributed by atoms with Gasteiger partial charge in [0.1, 0.15) is 10.7 Å². The molecular weight excluding hydrogens is 421 g/mol. The highest BCUT2D eigenvalue weighted by Crippen LogP contribution is 2.51. The summed E-state index contributed by atoms with van der Waals surface area (Å²) >= 11 is 4.43. The largest absolute Gasteiger partial charge is 0.416 e. The second kappa shape index (κ2) is 6.43. The van der Waals surface area contributed by atoms with Gasteiger partial charge in [-0.05, 0) is 25.1 Å². The standard InChI is InChI=1S/C20H11F3N2S3/c1-10-24-14(9-26-10)19-25-17-12-7-6-11(20(21,22)23)8-16(12)27-15-5-3-2-4-13(15)18(17)28-19/h2-9H,1H3. The van der Waals surface area contributed by atoms with E-state index in [1.54, 1.807) is 11.3 Å². The van der Waals surface area contributed by atoms with Crippen molar-refractivity contribution >= 4 is 34.4 Å². The molecule has 0 N–H and O–H groups in total. The normalized spacial score (nSPS) is 12.9. The van der Waals surface area contributed by atoms with E-state index in [-0.39, 0.29) is 0 Å². The number of nitrogens with zero attached hydrogens (tertiary/aromatic N) is 2. The Kier molecular flexibility index (Phi) is 4.12. The summed E-state index contributed by atoms with van der Waals surface area (Å²) in [5.74, 6) is 0. The lowest BCUT2D eigenvalue weighted by Crippen LogP contribution is -2.04. The highest BCUT2D eigenvalue weighted by molar-refractivity contribution is 7.99. The number of aryl methyl sites for hydroxylation is 1. The van der Waals surface area contributed by atoms with E-state index in [0.717, 1.165) is 42.7 Å². The molecule has 0 spiro atoms. The van der Waals surface area contributed by atoms with E-state index >= 15 is 0 Å². The van der Waals surface area contributed by atoms with Gasteiger partial charge in [-0.25, -0.2) is 9.97 Å². The Balaban J connectivity index is 1.77. The van der Waals surface area contributed by atoms with Crippen molar-refractivity contribution in [2.24, 2.45) is 0 Å². The van der Waals surface area contributed by atoms with E-state index in [9.17, 15) is 13.2 Å². The Bertz CT molecular complexity index is 1210. The fraction of sp³-hybridized carbons (Fsp3) is 0.100. The summed E-state index contributed by atoms with van der Waals surface area (Å²) in [4.78, 5) is 11.8. The molecule has 1 aliphatic rings. The minimum Gasteiger partial charge on any atom is -0.239 e. The zero-order valence-electron chi connectivity index (χ0n) is 14.4. The van der Waals surface area contributed by atoms with E-state index in [4.69, 9.17) is 4.98 Å². The van der Waals surface area contributed by atoms with Crippen LogP contribution in [0.1, 0.15) is 10.6 Å². The first kappa shape index (κ1) is 17.9. The average Bonchev–Trinajstić information content (AvgIpc) is 3.25. The maximum atomic E-state index is 13.2. The zero-order chi connectivity index (χ0) is 19.5. The minimum atomic E-state index is -4.38. The van der Waals surface area contributed by atoms with Crippen LogP contribution in [-0.2, 0) is 6.18 Å². The number of benzene rings is 2. The van der Waals surface area contributed by atoms with Crippen molar-refractivity contribution in [3.8, 4) is 32.4 Å². The molecule has 0 atom stereocenters. The smallest absolute Gasteiger partial charge is 0.239 e. The van der Waals surface area contributed by atoms with Gasteiger partial charge in [-0.2, -0.15) is 13.2 Å².